The van der Waals surface area contributed by atoms with Crippen LogP contribution in [0.5, 0.6) is 0 Å². The van der Waals surface area contributed by atoms with Crippen molar-refractivity contribution in [3.05, 3.63) is 93.8 Å². The maximum atomic E-state index is 13.6. The van der Waals surface area contributed by atoms with E-state index in [0.717, 1.165) is 40.7 Å². The summed E-state index contributed by atoms with van der Waals surface area (Å²) in [7, 11) is 0. The molecule has 1 aromatic heterocycles. The molecule has 0 saturated heterocycles. The van der Waals surface area contributed by atoms with Crippen LogP contribution in [-0.2, 0) is 16.1 Å². The van der Waals surface area contributed by atoms with Crippen molar-refractivity contribution in [2.75, 3.05) is 6.61 Å². The third-order valence-electron chi connectivity index (χ3n) is 4.85. The summed E-state index contributed by atoms with van der Waals surface area (Å²) in [4.78, 5) is 24.0. The number of Topliss-reactive ketones (excluding diaryl/α,β-unsaturated/α-hetero) is 1. The van der Waals surface area contributed by atoms with E-state index in [1.807, 2.05) is 49.7 Å². The smallest absolute Gasteiger partial charge is 0.331 e. The van der Waals surface area contributed by atoms with Gasteiger partial charge in [0, 0.05) is 17.3 Å². The summed E-state index contributed by atoms with van der Waals surface area (Å²) in [5, 5.41) is 4.52. The molecule has 2 aromatic carbocycles. The van der Waals surface area contributed by atoms with Gasteiger partial charge in [-0.15, -0.1) is 0 Å². The number of benzene rings is 2. The van der Waals surface area contributed by atoms with Crippen LogP contribution in [0, 0.1) is 32.4 Å². The van der Waals surface area contributed by atoms with Gasteiger partial charge in [0.25, 0.3) is 0 Å². The van der Waals surface area contributed by atoms with Crippen molar-refractivity contribution in [2.24, 2.45) is 0 Å². The molecule has 1 heterocycles. The second-order valence-electron chi connectivity index (χ2n) is 7.22. The number of hydrogen-bond donors (Lipinski definition) is 0. The van der Waals surface area contributed by atoms with E-state index in [1.54, 1.807) is 6.08 Å². The molecule has 3 aromatic rings. The van der Waals surface area contributed by atoms with Crippen molar-refractivity contribution in [1.29, 1.82) is 0 Å². The second-order valence-corrected chi connectivity index (χ2v) is 7.22. The molecule has 0 amide bonds. The number of rotatable bonds is 7. The molecule has 0 radical (unpaired) electrons. The summed E-state index contributed by atoms with van der Waals surface area (Å²) < 4.78 is 33.6. The van der Waals surface area contributed by atoms with Gasteiger partial charge in [0.1, 0.15) is 11.6 Å². The zero-order chi connectivity index (χ0) is 22.5. The van der Waals surface area contributed by atoms with Crippen LogP contribution in [-0.4, -0.2) is 28.1 Å². The van der Waals surface area contributed by atoms with E-state index in [1.165, 1.54) is 11.6 Å². The van der Waals surface area contributed by atoms with Crippen LogP contribution >= 0.6 is 0 Å². The number of carbonyl (C=O) groups excluding carboxylic acids is 2. The maximum Gasteiger partial charge on any atom is 0.331 e. The molecule has 0 fully saturated rings. The lowest BCUT2D eigenvalue weighted by molar-refractivity contribution is -0.136. The predicted octanol–water partition coefficient (Wildman–Crippen LogP) is 4.57. The van der Waals surface area contributed by atoms with Crippen molar-refractivity contribution >= 4 is 17.8 Å². The van der Waals surface area contributed by atoms with Crippen LogP contribution < -0.4 is 0 Å². The SMILES string of the molecule is Cc1ccc(Cn2nc(C)c(/C=C/C(=O)OCC(=O)c3cc(F)ccc3F)c2C)cc1. The van der Waals surface area contributed by atoms with Crippen molar-refractivity contribution in [1.82, 2.24) is 9.78 Å². The summed E-state index contributed by atoms with van der Waals surface area (Å²) in [5.41, 5.74) is 4.21. The van der Waals surface area contributed by atoms with Gasteiger partial charge in [0.05, 0.1) is 17.8 Å². The Labute approximate surface area is 179 Å². The van der Waals surface area contributed by atoms with Gasteiger partial charge < -0.3 is 4.74 Å². The highest BCUT2D eigenvalue weighted by Gasteiger charge is 2.15. The number of halogens is 2. The first-order valence-corrected chi connectivity index (χ1v) is 9.67. The highest BCUT2D eigenvalue weighted by molar-refractivity contribution is 5.99. The number of carbonyl (C=O) groups is 2. The minimum atomic E-state index is -0.870. The van der Waals surface area contributed by atoms with Crippen LogP contribution in [0.15, 0.2) is 48.5 Å². The molecule has 160 valence electrons. The molecule has 31 heavy (non-hydrogen) atoms. The van der Waals surface area contributed by atoms with Gasteiger partial charge in [-0.2, -0.15) is 5.10 Å². The largest absolute Gasteiger partial charge is 0.454 e. The first-order chi connectivity index (χ1) is 14.7. The van der Waals surface area contributed by atoms with Gasteiger partial charge in [-0.05, 0) is 50.6 Å². The third-order valence-corrected chi connectivity index (χ3v) is 4.85. The Morgan fingerprint density at radius 3 is 2.48 bits per heavy atom. The van der Waals surface area contributed by atoms with Gasteiger partial charge >= 0.3 is 5.97 Å². The van der Waals surface area contributed by atoms with E-state index in [9.17, 15) is 18.4 Å². The number of ketones is 1. The first-order valence-electron chi connectivity index (χ1n) is 9.67. The molecule has 0 N–H and O–H groups in total. The number of aryl methyl sites for hydroxylation is 2. The predicted molar refractivity (Wildman–Crippen MR) is 113 cm³/mol. The Balaban J connectivity index is 1.64. The fourth-order valence-corrected chi connectivity index (χ4v) is 3.10. The lowest BCUT2D eigenvalue weighted by Crippen LogP contribution is -2.14. The van der Waals surface area contributed by atoms with Crippen molar-refractivity contribution < 1.29 is 23.1 Å². The molecule has 0 spiro atoms. The van der Waals surface area contributed by atoms with E-state index < -0.39 is 35.6 Å². The maximum absolute atomic E-state index is 13.6. The summed E-state index contributed by atoms with van der Waals surface area (Å²) in [6.07, 6.45) is 2.75. The van der Waals surface area contributed by atoms with Gasteiger partial charge in [-0.1, -0.05) is 29.8 Å². The molecule has 0 atom stereocenters. The van der Waals surface area contributed by atoms with E-state index in [-0.39, 0.29) is 0 Å². The standard InChI is InChI=1S/C24H22F2N2O3/c1-15-4-6-18(7-5-15)13-28-17(3)20(16(2)27-28)9-11-24(30)31-14-23(29)21-12-19(25)8-10-22(21)26/h4-12H,13-14H2,1-3H3/b11-9+. The average Bonchev–Trinajstić information content (AvgIpc) is 3.00. The number of esters is 1. The van der Waals surface area contributed by atoms with E-state index in [4.69, 9.17) is 4.74 Å². The van der Waals surface area contributed by atoms with E-state index in [0.29, 0.717) is 6.54 Å². The molecule has 0 aliphatic carbocycles. The second kappa shape index (κ2) is 9.47. The fraction of sp³-hybridized carbons (Fsp3) is 0.208. The Hall–Kier alpha value is -3.61. The van der Waals surface area contributed by atoms with Crippen molar-refractivity contribution in [3.63, 3.8) is 0 Å². The molecule has 0 aliphatic heterocycles. The average molecular weight is 424 g/mol. The van der Waals surface area contributed by atoms with Crippen LogP contribution in [0.4, 0.5) is 8.78 Å². The van der Waals surface area contributed by atoms with E-state index >= 15 is 0 Å². The molecule has 0 aliphatic rings. The Morgan fingerprint density at radius 1 is 1.06 bits per heavy atom. The van der Waals surface area contributed by atoms with Gasteiger partial charge in [-0.25, -0.2) is 13.6 Å². The molecular weight excluding hydrogens is 402 g/mol. The van der Waals surface area contributed by atoms with Gasteiger partial charge in [0.2, 0.25) is 5.78 Å². The normalized spacial score (nSPS) is 11.1. The minimum Gasteiger partial charge on any atom is -0.454 e. The molecule has 7 heteroatoms. The summed E-state index contributed by atoms with van der Waals surface area (Å²) in [6.45, 7) is 5.67. The third kappa shape index (κ3) is 5.51. The number of hydrogen-bond acceptors (Lipinski definition) is 4. The van der Waals surface area contributed by atoms with Crippen LogP contribution in [0.3, 0.4) is 0 Å². The summed E-state index contributed by atoms with van der Waals surface area (Å²) >= 11 is 0. The van der Waals surface area contributed by atoms with Gasteiger partial charge in [-0.3, -0.25) is 9.48 Å². The number of ether oxygens (including phenoxy) is 1. The molecule has 0 saturated carbocycles. The van der Waals surface area contributed by atoms with Gasteiger partial charge in [0.15, 0.2) is 6.61 Å². The van der Waals surface area contributed by atoms with Crippen LogP contribution in [0.1, 0.15) is 38.4 Å². The molecule has 3 rings (SSSR count). The number of aromatic nitrogens is 2. The highest BCUT2D eigenvalue weighted by atomic mass is 19.1. The number of nitrogens with zero attached hydrogens (tertiary/aromatic N) is 2. The van der Waals surface area contributed by atoms with Crippen molar-refractivity contribution in [3.8, 4) is 0 Å². The van der Waals surface area contributed by atoms with Crippen molar-refractivity contribution in [2.45, 2.75) is 27.3 Å². The Kier molecular flexibility index (Phi) is 6.74. The molecule has 0 bridgehead atoms. The Morgan fingerprint density at radius 2 is 1.77 bits per heavy atom. The zero-order valence-electron chi connectivity index (χ0n) is 17.5. The lowest BCUT2D eigenvalue weighted by Gasteiger charge is -2.05. The first kappa shape index (κ1) is 22.1. The topological polar surface area (TPSA) is 61.2 Å². The quantitative estimate of drug-likeness (QED) is 0.317. The zero-order valence-corrected chi connectivity index (χ0v) is 17.5. The monoisotopic (exact) mass is 424 g/mol. The summed E-state index contributed by atoms with van der Waals surface area (Å²) in [6, 6.07) is 10.7. The minimum absolute atomic E-state index is 0.458. The summed E-state index contributed by atoms with van der Waals surface area (Å²) in [5.74, 6) is -3.21. The van der Waals surface area contributed by atoms with Crippen LogP contribution in [0.2, 0.25) is 0 Å². The fourth-order valence-electron chi connectivity index (χ4n) is 3.10. The Bertz CT molecular complexity index is 1150. The molecule has 0 unspecified atom stereocenters. The molecular formula is C24H22F2N2O3. The molecule has 5 nitrogen and oxygen atoms in total. The highest BCUT2D eigenvalue weighted by Crippen LogP contribution is 2.17. The van der Waals surface area contributed by atoms with E-state index in [2.05, 4.69) is 5.10 Å². The van der Waals surface area contributed by atoms with Crippen LogP contribution in [0.25, 0.3) is 6.08 Å². The lowest BCUT2D eigenvalue weighted by atomic mass is 10.1.